The Morgan fingerprint density at radius 3 is 1.04 bits per heavy atom. The Morgan fingerprint density at radius 1 is 0.208 bits per heavy atom. The highest BCUT2D eigenvalue weighted by Gasteiger charge is 2.15. The molecule has 0 saturated heterocycles. The third kappa shape index (κ3) is 5.95. The van der Waals surface area contributed by atoms with Gasteiger partial charge in [0.2, 0.25) is 0 Å². The zero-order valence-corrected chi connectivity index (χ0v) is 26.5. The molecule has 8 aromatic carbocycles. The van der Waals surface area contributed by atoms with E-state index in [4.69, 9.17) is 0 Å². The normalized spacial score (nSPS) is 10.9. The van der Waals surface area contributed by atoms with Gasteiger partial charge in [0, 0.05) is 34.1 Å². The zero-order chi connectivity index (χ0) is 32.1. The molecule has 0 aliphatic rings. The van der Waals surface area contributed by atoms with Gasteiger partial charge in [-0.25, -0.2) is 0 Å². The summed E-state index contributed by atoms with van der Waals surface area (Å²) in [5.41, 5.74) is 11.5. The van der Waals surface area contributed by atoms with Gasteiger partial charge in [-0.1, -0.05) is 127 Å². The summed E-state index contributed by atoms with van der Waals surface area (Å²) in [5, 5.41) is 2.41. The highest BCUT2D eigenvalue weighted by atomic mass is 15.1. The molecule has 2 nitrogen and oxygen atoms in total. The van der Waals surface area contributed by atoms with Gasteiger partial charge in [0.05, 0.1) is 0 Å². The van der Waals surface area contributed by atoms with Gasteiger partial charge in [-0.05, 0) is 112 Å². The number of anilines is 6. The highest BCUT2D eigenvalue weighted by molar-refractivity contribution is 5.92. The van der Waals surface area contributed by atoms with Crippen LogP contribution in [-0.4, -0.2) is 0 Å². The predicted octanol–water partition coefficient (Wildman–Crippen LogP) is 13.1. The average molecular weight is 615 g/mol. The number of hydrogen-bond acceptors (Lipinski definition) is 2. The fraction of sp³-hybridized carbons (Fsp3) is 0. The first-order valence-electron chi connectivity index (χ1n) is 16.4. The smallest absolute Gasteiger partial charge is 0.0468 e. The van der Waals surface area contributed by atoms with Crippen molar-refractivity contribution in [1.82, 2.24) is 0 Å². The van der Waals surface area contributed by atoms with Gasteiger partial charge in [0.15, 0.2) is 0 Å². The summed E-state index contributed by atoms with van der Waals surface area (Å²) in [6, 6.07) is 73.4. The van der Waals surface area contributed by atoms with Gasteiger partial charge >= 0.3 is 0 Å². The molecule has 0 aliphatic heterocycles. The van der Waals surface area contributed by atoms with Crippen LogP contribution in [0.2, 0.25) is 0 Å². The van der Waals surface area contributed by atoms with Crippen molar-refractivity contribution in [2.45, 2.75) is 0 Å². The number of rotatable bonds is 8. The lowest BCUT2D eigenvalue weighted by Crippen LogP contribution is -2.09. The molecule has 0 N–H and O–H groups in total. The molecule has 0 bridgehead atoms. The standard InChI is InChI=1S/C46H34N2/c1-5-13-35(14-6-1)36-23-28-45(29-24-36)48(43-19-11-4-12-20-43)46-32-27-38-21-22-39(33-40(38)34-46)37-25-30-44(31-26-37)47(41-15-7-2-8-16-41)42-17-9-3-10-18-42/h1-34H. The van der Waals surface area contributed by atoms with Crippen LogP contribution < -0.4 is 9.80 Å². The minimum absolute atomic E-state index is 1.12. The maximum Gasteiger partial charge on any atom is 0.0468 e. The van der Waals surface area contributed by atoms with Crippen molar-refractivity contribution < 1.29 is 0 Å². The highest BCUT2D eigenvalue weighted by Crippen LogP contribution is 2.39. The molecule has 48 heavy (non-hydrogen) atoms. The first-order valence-corrected chi connectivity index (χ1v) is 16.4. The monoisotopic (exact) mass is 614 g/mol. The summed E-state index contributed by atoms with van der Waals surface area (Å²) >= 11 is 0. The molecule has 0 spiro atoms. The van der Waals surface area contributed by atoms with E-state index >= 15 is 0 Å². The first kappa shape index (κ1) is 29.1. The van der Waals surface area contributed by atoms with Crippen molar-refractivity contribution in [3.63, 3.8) is 0 Å². The third-order valence-electron chi connectivity index (χ3n) is 8.82. The van der Waals surface area contributed by atoms with Crippen LogP contribution in [0.25, 0.3) is 33.0 Å². The van der Waals surface area contributed by atoms with Crippen molar-refractivity contribution in [2.75, 3.05) is 9.80 Å². The number of hydrogen-bond donors (Lipinski definition) is 0. The number of benzene rings is 8. The molecule has 228 valence electrons. The molecule has 0 atom stereocenters. The van der Waals surface area contributed by atoms with Crippen LogP contribution in [0.5, 0.6) is 0 Å². The summed E-state index contributed by atoms with van der Waals surface area (Å²) in [4.78, 5) is 4.62. The fourth-order valence-corrected chi connectivity index (χ4v) is 6.41. The summed E-state index contributed by atoms with van der Waals surface area (Å²) in [6.07, 6.45) is 0. The van der Waals surface area contributed by atoms with E-state index in [-0.39, 0.29) is 0 Å². The van der Waals surface area contributed by atoms with Gasteiger partial charge in [-0.3, -0.25) is 0 Å². The summed E-state index contributed by atoms with van der Waals surface area (Å²) in [6.45, 7) is 0. The van der Waals surface area contributed by atoms with Crippen LogP contribution in [0.3, 0.4) is 0 Å². The lowest BCUT2D eigenvalue weighted by Gasteiger charge is -2.26. The molecular formula is C46H34N2. The van der Waals surface area contributed by atoms with Crippen LogP contribution in [0.4, 0.5) is 34.1 Å². The van der Waals surface area contributed by atoms with Gasteiger partial charge in [0.25, 0.3) is 0 Å². The van der Waals surface area contributed by atoms with Crippen LogP contribution in [0, 0.1) is 0 Å². The molecule has 0 unspecified atom stereocenters. The van der Waals surface area contributed by atoms with Crippen molar-refractivity contribution in [3.05, 3.63) is 206 Å². The largest absolute Gasteiger partial charge is 0.311 e. The Labute approximate surface area is 282 Å². The summed E-state index contributed by atoms with van der Waals surface area (Å²) in [5.74, 6) is 0. The minimum atomic E-state index is 1.12. The van der Waals surface area contributed by atoms with Gasteiger partial charge in [-0.2, -0.15) is 0 Å². The maximum atomic E-state index is 2.33. The van der Waals surface area contributed by atoms with Crippen LogP contribution in [0.15, 0.2) is 206 Å². The maximum absolute atomic E-state index is 2.33. The predicted molar refractivity (Wildman–Crippen MR) is 204 cm³/mol. The number of fused-ring (bicyclic) bond motifs is 1. The van der Waals surface area contributed by atoms with E-state index in [1.54, 1.807) is 0 Å². The lowest BCUT2D eigenvalue weighted by atomic mass is 10.00. The van der Waals surface area contributed by atoms with Crippen LogP contribution >= 0.6 is 0 Å². The number of nitrogens with zero attached hydrogens (tertiary/aromatic N) is 2. The second kappa shape index (κ2) is 13.2. The van der Waals surface area contributed by atoms with E-state index in [2.05, 4.69) is 216 Å². The van der Waals surface area contributed by atoms with Crippen molar-refractivity contribution in [2.24, 2.45) is 0 Å². The van der Waals surface area contributed by atoms with Gasteiger partial charge < -0.3 is 9.80 Å². The summed E-state index contributed by atoms with van der Waals surface area (Å²) in [7, 11) is 0. The van der Waals surface area contributed by atoms with Crippen LogP contribution in [0.1, 0.15) is 0 Å². The lowest BCUT2D eigenvalue weighted by molar-refractivity contribution is 1.28. The topological polar surface area (TPSA) is 6.48 Å². The fourth-order valence-electron chi connectivity index (χ4n) is 6.41. The Hall–Kier alpha value is -6.38. The average Bonchev–Trinajstić information content (AvgIpc) is 3.17. The Morgan fingerprint density at radius 2 is 0.542 bits per heavy atom. The molecular weight excluding hydrogens is 581 g/mol. The minimum Gasteiger partial charge on any atom is -0.311 e. The first-order chi connectivity index (χ1) is 23.8. The Kier molecular flexibility index (Phi) is 7.96. The molecule has 0 aromatic heterocycles. The van der Waals surface area contributed by atoms with Crippen molar-refractivity contribution >= 4 is 44.9 Å². The molecule has 0 heterocycles. The third-order valence-corrected chi connectivity index (χ3v) is 8.82. The van der Waals surface area contributed by atoms with E-state index in [1.165, 1.54) is 33.0 Å². The molecule has 8 aromatic rings. The number of para-hydroxylation sites is 3. The molecule has 8 rings (SSSR count). The van der Waals surface area contributed by atoms with E-state index < -0.39 is 0 Å². The van der Waals surface area contributed by atoms with Crippen LogP contribution in [-0.2, 0) is 0 Å². The second-order valence-corrected chi connectivity index (χ2v) is 11.9. The molecule has 0 aliphatic carbocycles. The molecule has 0 amide bonds. The molecule has 2 heteroatoms. The van der Waals surface area contributed by atoms with E-state index in [0.29, 0.717) is 0 Å². The van der Waals surface area contributed by atoms with E-state index in [1.807, 2.05) is 0 Å². The second-order valence-electron chi connectivity index (χ2n) is 11.9. The van der Waals surface area contributed by atoms with E-state index in [9.17, 15) is 0 Å². The quantitative estimate of drug-likeness (QED) is 0.168. The van der Waals surface area contributed by atoms with Gasteiger partial charge in [-0.15, -0.1) is 0 Å². The van der Waals surface area contributed by atoms with E-state index in [0.717, 1.165) is 34.1 Å². The van der Waals surface area contributed by atoms with Gasteiger partial charge in [0.1, 0.15) is 0 Å². The summed E-state index contributed by atoms with van der Waals surface area (Å²) < 4.78 is 0. The Balaban J connectivity index is 1.14. The molecule has 0 fully saturated rings. The van der Waals surface area contributed by atoms with Crippen molar-refractivity contribution in [3.8, 4) is 22.3 Å². The van der Waals surface area contributed by atoms with Crippen molar-refractivity contribution in [1.29, 1.82) is 0 Å². The zero-order valence-electron chi connectivity index (χ0n) is 26.5. The Bertz CT molecular complexity index is 2210. The molecule has 0 saturated carbocycles. The SMILES string of the molecule is c1ccc(-c2ccc(N(c3ccccc3)c3ccc4ccc(-c5ccc(N(c6ccccc6)c6ccccc6)cc5)cc4c3)cc2)cc1. The molecule has 0 radical (unpaired) electrons.